The lowest BCUT2D eigenvalue weighted by molar-refractivity contribution is -0.385. The molecule has 0 aliphatic heterocycles. The number of aromatic nitrogens is 1. The van der Waals surface area contributed by atoms with Crippen LogP contribution in [0.2, 0.25) is 0 Å². The summed E-state index contributed by atoms with van der Waals surface area (Å²) in [5, 5.41) is 20.1. The number of ether oxygens (including phenoxy) is 1. The van der Waals surface area contributed by atoms with Gasteiger partial charge in [-0.25, -0.2) is 4.98 Å². The lowest BCUT2D eigenvalue weighted by Gasteiger charge is -2.03. The number of nitrogens with zero attached hydrogens (tertiary/aromatic N) is 2. The fourth-order valence-electron chi connectivity index (χ4n) is 1.60. The Balaban J connectivity index is 2.16. The second-order valence-electron chi connectivity index (χ2n) is 3.96. The smallest absolute Gasteiger partial charge is 0.287 e. The molecule has 0 bridgehead atoms. The molecule has 6 heteroatoms. The van der Waals surface area contributed by atoms with Crippen LogP contribution in [-0.2, 0) is 0 Å². The van der Waals surface area contributed by atoms with Crippen molar-refractivity contribution in [3.05, 3.63) is 57.9 Å². The van der Waals surface area contributed by atoms with Crippen molar-refractivity contribution in [2.24, 2.45) is 0 Å². The molecule has 0 fully saturated rings. The molecule has 0 amide bonds. The van der Waals surface area contributed by atoms with Crippen molar-refractivity contribution in [3.63, 3.8) is 0 Å². The zero-order valence-corrected chi connectivity index (χ0v) is 10.7. The van der Waals surface area contributed by atoms with Crippen molar-refractivity contribution in [3.8, 4) is 11.5 Å². The van der Waals surface area contributed by atoms with Gasteiger partial charge in [0, 0.05) is 6.07 Å². The van der Waals surface area contributed by atoms with Crippen molar-refractivity contribution in [1.29, 1.82) is 0 Å². The van der Waals surface area contributed by atoms with Gasteiger partial charge in [0.15, 0.2) is 11.5 Å². The average Bonchev–Trinajstić information content (AvgIpc) is 2.45. The van der Waals surface area contributed by atoms with E-state index in [9.17, 15) is 15.2 Å². The van der Waals surface area contributed by atoms with E-state index in [1.54, 1.807) is 36.4 Å². The van der Waals surface area contributed by atoms with Crippen LogP contribution in [0.15, 0.2) is 36.5 Å². The predicted octanol–water partition coefficient (Wildman–Crippen LogP) is 2.87. The molecule has 2 aromatic rings. The summed E-state index contributed by atoms with van der Waals surface area (Å²) in [5.41, 5.74) is 1.30. The minimum atomic E-state index is -0.498. The van der Waals surface area contributed by atoms with Crippen molar-refractivity contribution in [2.75, 3.05) is 7.11 Å². The summed E-state index contributed by atoms with van der Waals surface area (Å²) in [6, 6.07) is 7.93. The van der Waals surface area contributed by atoms with Crippen LogP contribution >= 0.6 is 0 Å². The summed E-state index contributed by atoms with van der Waals surface area (Å²) in [6.07, 6.45) is 4.64. The van der Waals surface area contributed by atoms with Gasteiger partial charge in [-0.15, -0.1) is 0 Å². The Hall–Kier alpha value is -2.89. The van der Waals surface area contributed by atoms with Gasteiger partial charge in [0.1, 0.15) is 6.20 Å². The number of pyridine rings is 1. The number of methoxy groups -OCH3 is 1. The van der Waals surface area contributed by atoms with Gasteiger partial charge in [-0.3, -0.25) is 10.1 Å². The number of phenols is 1. The van der Waals surface area contributed by atoms with Crippen LogP contribution in [0.1, 0.15) is 11.3 Å². The van der Waals surface area contributed by atoms with Gasteiger partial charge in [-0.1, -0.05) is 12.1 Å². The molecule has 1 N–H and O–H groups in total. The molecule has 0 aliphatic rings. The fraction of sp³-hybridized carbons (Fsp3) is 0.0714. The molecule has 0 radical (unpaired) electrons. The molecule has 0 atom stereocenters. The maximum Gasteiger partial charge on any atom is 0.287 e. The summed E-state index contributed by atoms with van der Waals surface area (Å²) >= 11 is 0. The molecule has 2 rings (SSSR count). The third kappa shape index (κ3) is 3.11. The fourth-order valence-corrected chi connectivity index (χ4v) is 1.60. The Kier molecular flexibility index (Phi) is 3.95. The quantitative estimate of drug-likeness (QED) is 0.683. The van der Waals surface area contributed by atoms with E-state index in [4.69, 9.17) is 4.74 Å². The van der Waals surface area contributed by atoms with E-state index >= 15 is 0 Å². The monoisotopic (exact) mass is 272 g/mol. The second-order valence-corrected chi connectivity index (χ2v) is 3.96. The topological polar surface area (TPSA) is 85.5 Å². The van der Waals surface area contributed by atoms with E-state index in [0.717, 1.165) is 5.56 Å². The highest BCUT2D eigenvalue weighted by atomic mass is 16.6. The van der Waals surface area contributed by atoms with E-state index < -0.39 is 4.92 Å². The van der Waals surface area contributed by atoms with E-state index in [1.807, 2.05) is 0 Å². The third-order valence-electron chi connectivity index (χ3n) is 2.63. The number of phenolic OH excluding ortho intramolecular Hbond substituents is 1. The maximum atomic E-state index is 10.5. The van der Waals surface area contributed by atoms with Gasteiger partial charge in [0.25, 0.3) is 5.69 Å². The first-order chi connectivity index (χ1) is 9.60. The minimum Gasteiger partial charge on any atom is -0.504 e. The summed E-state index contributed by atoms with van der Waals surface area (Å²) in [6.45, 7) is 0. The van der Waals surface area contributed by atoms with E-state index in [2.05, 4.69) is 4.98 Å². The minimum absolute atomic E-state index is 0.0475. The number of nitro groups is 1. The normalized spacial score (nSPS) is 10.7. The largest absolute Gasteiger partial charge is 0.504 e. The van der Waals surface area contributed by atoms with Crippen LogP contribution in [0.3, 0.4) is 0 Å². The first-order valence-corrected chi connectivity index (χ1v) is 5.75. The molecule has 6 nitrogen and oxygen atoms in total. The van der Waals surface area contributed by atoms with Crippen LogP contribution in [0.4, 0.5) is 5.69 Å². The van der Waals surface area contributed by atoms with Crippen LogP contribution in [-0.4, -0.2) is 22.1 Å². The molecule has 20 heavy (non-hydrogen) atoms. The molecule has 0 saturated heterocycles. The first kappa shape index (κ1) is 13.5. The lowest BCUT2D eigenvalue weighted by atomic mass is 10.1. The zero-order valence-electron chi connectivity index (χ0n) is 10.7. The molecule has 102 valence electrons. The molecule has 1 aromatic carbocycles. The number of aromatic hydroxyl groups is 1. The average molecular weight is 272 g/mol. The molecule has 0 unspecified atom stereocenters. The van der Waals surface area contributed by atoms with Crippen LogP contribution in [0.5, 0.6) is 11.5 Å². The van der Waals surface area contributed by atoms with E-state index in [0.29, 0.717) is 11.4 Å². The Bertz CT molecular complexity index is 651. The lowest BCUT2D eigenvalue weighted by Crippen LogP contribution is -1.89. The summed E-state index contributed by atoms with van der Waals surface area (Å²) < 4.78 is 4.95. The number of hydrogen-bond acceptors (Lipinski definition) is 5. The second kappa shape index (κ2) is 5.83. The molecule has 0 saturated carbocycles. The highest BCUT2D eigenvalue weighted by molar-refractivity contribution is 5.69. The summed E-state index contributed by atoms with van der Waals surface area (Å²) in [5.74, 6) is 0.446. The van der Waals surface area contributed by atoms with Crippen LogP contribution in [0, 0.1) is 10.1 Å². The Morgan fingerprint density at radius 2 is 2.10 bits per heavy atom. The standard InChI is InChI=1S/C14H12N2O4/c1-20-14-7-3-10(8-13(14)17)2-4-11-5-6-12(9-15-11)16(18)19/h2-9,17H,1H3/b4-2+. The SMILES string of the molecule is COc1ccc(/C=C/c2ccc([N+](=O)[O-])cn2)cc1O. The van der Waals surface area contributed by atoms with Gasteiger partial charge in [-0.2, -0.15) is 0 Å². The van der Waals surface area contributed by atoms with E-state index in [1.165, 1.54) is 19.4 Å². The molecular formula is C14H12N2O4. The number of benzene rings is 1. The Labute approximate surface area is 115 Å². The summed E-state index contributed by atoms with van der Waals surface area (Å²) in [4.78, 5) is 14.0. The molecule has 1 heterocycles. The molecule has 1 aromatic heterocycles. The van der Waals surface area contributed by atoms with Crippen molar-refractivity contribution in [2.45, 2.75) is 0 Å². The van der Waals surface area contributed by atoms with Crippen LogP contribution < -0.4 is 4.74 Å². The van der Waals surface area contributed by atoms with Crippen molar-refractivity contribution >= 4 is 17.8 Å². The Morgan fingerprint density at radius 1 is 1.30 bits per heavy atom. The first-order valence-electron chi connectivity index (χ1n) is 5.75. The highest BCUT2D eigenvalue weighted by Crippen LogP contribution is 2.26. The number of hydrogen-bond donors (Lipinski definition) is 1. The predicted molar refractivity (Wildman–Crippen MR) is 74.5 cm³/mol. The van der Waals surface area contributed by atoms with Gasteiger partial charge in [0.05, 0.1) is 17.7 Å². The van der Waals surface area contributed by atoms with Gasteiger partial charge < -0.3 is 9.84 Å². The van der Waals surface area contributed by atoms with Crippen molar-refractivity contribution < 1.29 is 14.8 Å². The third-order valence-corrected chi connectivity index (χ3v) is 2.63. The molecule has 0 aliphatic carbocycles. The Morgan fingerprint density at radius 3 is 2.65 bits per heavy atom. The van der Waals surface area contributed by atoms with Crippen LogP contribution in [0.25, 0.3) is 12.2 Å². The van der Waals surface area contributed by atoms with E-state index in [-0.39, 0.29) is 11.4 Å². The number of rotatable bonds is 4. The summed E-state index contributed by atoms with van der Waals surface area (Å²) in [7, 11) is 1.48. The molecular weight excluding hydrogens is 260 g/mol. The highest BCUT2D eigenvalue weighted by Gasteiger charge is 2.04. The van der Waals surface area contributed by atoms with Gasteiger partial charge in [-0.05, 0) is 29.8 Å². The van der Waals surface area contributed by atoms with Gasteiger partial charge >= 0.3 is 0 Å². The van der Waals surface area contributed by atoms with Gasteiger partial charge in [0.2, 0.25) is 0 Å². The zero-order chi connectivity index (χ0) is 14.5. The molecule has 0 spiro atoms. The maximum absolute atomic E-state index is 10.5. The van der Waals surface area contributed by atoms with Crippen molar-refractivity contribution in [1.82, 2.24) is 4.98 Å².